The first-order valence-electron chi connectivity index (χ1n) is 6.94. The molecule has 0 saturated heterocycles. The molecule has 2 N–H and O–H groups in total. The lowest BCUT2D eigenvalue weighted by Crippen LogP contribution is -2.42. The molecule has 1 aromatic carbocycles. The molecule has 1 aromatic heterocycles. The van der Waals surface area contributed by atoms with E-state index in [2.05, 4.69) is 20.7 Å². The second-order valence-electron chi connectivity index (χ2n) is 5.43. The van der Waals surface area contributed by atoms with Gasteiger partial charge in [0, 0.05) is 15.9 Å². The fraction of sp³-hybridized carbons (Fsp3) is 0.333. The Morgan fingerprint density at radius 1 is 1.27 bits per heavy atom. The summed E-state index contributed by atoms with van der Waals surface area (Å²) in [6.07, 6.45) is 1.84. The lowest BCUT2D eigenvalue weighted by atomic mass is 9.96. The van der Waals surface area contributed by atoms with Gasteiger partial charge in [0.05, 0.1) is 4.90 Å². The van der Waals surface area contributed by atoms with Crippen LogP contribution in [0.3, 0.4) is 0 Å². The molecule has 1 atom stereocenters. The minimum Gasteiger partial charge on any atom is -0.383 e. The molecular weight excluding hydrogens is 386 g/mol. The third kappa shape index (κ3) is 3.14. The summed E-state index contributed by atoms with van der Waals surface area (Å²) < 4.78 is 28.0. The molecule has 1 heterocycles. The first-order valence-corrected chi connectivity index (χ1v) is 10.1. The second kappa shape index (κ2) is 6.05. The van der Waals surface area contributed by atoms with Crippen LogP contribution in [0.15, 0.2) is 51.1 Å². The van der Waals surface area contributed by atoms with Crippen LogP contribution in [0.1, 0.15) is 17.7 Å². The van der Waals surface area contributed by atoms with Crippen molar-refractivity contribution in [3.8, 4) is 0 Å². The molecule has 1 fully saturated rings. The van der Waals surface area contributed by atoms with Crippen molar-refractivity contribution in [2.75, 3.05) is 6.54 Å². The molecule has 22 heavy (non-hydrogen) atoms. The molecule has 0 spiro atoms. The topological polar surface area (TPSA) is 66.4 Å². The largest absolute Gasteiger partial charge is 0.383 e. The van der Waals surface area contributed by atoms with Crippen molar-refractivity contribution in [2.45, 2.75) is 23.3 Å². The molecular formula is C15H16BrNO3S2. The van der Waals surface area contributed by atoms with Gasteiger partial charge in [-0.1, -0.05) is 18.2 Å². The van der Waals surface area contributed by atoms with Crippen LogP contribution in [0.5, 0.6) is 0 Å². The molecule has 118 valence electrons. The van der Waals surface area contributed by atoms with E-state index < -0.39 is 15.6 Å². The standard InChI is InChI=1S/C15H16BrNO3S2/c16-12-4-1-2-5-13(12)22(19,20)17-10-15(18,11-7-8-11)14-6-3-9-21-14/h1-6,9,11,17-18H,7-8,10H2/t15-/m1/s1. The fourth-order valence-corrected chi connectivity index (χ4v) is 5.44. The van der Waals surface area contributed by atoms with Gasteiger partial charge in [0.1, 0.15) is 5.60 Å². The zero-order valence-electron chi connectivity index (χ0n) is 11.7. The molecule has 0 radical (unpaired) electrons. The lowest BCUT2D eigenvalue weighted by molar-refractivity contribution is 0.0222. The summed E-state index contributed by atoms with van der Waals surface area (Å²) in [6.45, 7) is -0.0121. The first-order chi connectivity index (χ1) is 10.4. The van der Waals surface area contributed by atoms with E-state index in [1.807, 2.05) is 17.5 Å². The monoisotopic (exact) mass is 401 g/mol. The van der Waals surface area contributed by atoms with E-state index in [0.29, 0.717) is 4.47 Å². The molecule has 0 unspecified atom stereocenters. The minimum absolute atomic E-state index is 0.0121. The SMILES string of the molecule is O=S(=O)(NC[C@](O)(c1cccs1)C1CC1)c1ccccc1Br. The highest BCUT2D eigenvalue weighted by atomic mass is 79.9. The van der Waals surface area contributed by atoms with Gasteiger partial charge in [-0.3, -0.25) is 0 Å². The van der Waals surface area contributed by atoms with E-state index in [0.717, 1.165) is 17.7 Å². The van der Waals surface area contributed by atoms with Crippen molar-refractivity contribution in [1.82, 2.24) is 4.72 Å². The van der Waals surface area contributed by atoms with Crippen molar-refractivity contribution in [2.24, 2.45) is 5.92 Å². The van der Waals surface area contributed by atoms with E-state index >= 15 is 0 Å². The molecule has 0 amide bonds. The summed E-state index contributed by atoms with van der Waals surface area (Å²) in [5.41, 5.74) is -1.12. The normalized spacial score (nSPS) is 18.1. The lowest BCUT2D eigenvalue weighted by Gasteiger charge is -2.27. The maximum absolute atomic E-state index is 12.5. The van der Waals surface area contributed by atoms with Crippen molar-refractivity contribution in [3.63, 3.8) is 0 Å². The van der Waals surface area contributed by atoms with Crippen molar-refractivity contribution < 1.29 is 13.5 Å². The Hall–Kier alpha value is -0.730. The van der Waals surface area contributed by atoms with Gasteiger partial charge < -0.3 is 5.11 Å². The maximum Gasteiger partial charge on any atom is 0.241 e. The van der Waals surface area contributed by atoms with E-state index in [9.17, 15) is 13.5 Å². The zero-order valence-corrected chi connectivity index (χ0v) is 14.9. The summed E-state index contributed by atoms with van der Waals surface area (Å²) in [5.74, 6) is 0.119. The van der Waals surface area contributed by atoms with E-state index in [1.165, 1.54) is 17.4 Å². The smallest absolute Gasteiger partial charge is 0.241 e. The van der Waals surface area contributed by atoms with Gasteiger partial charge in [-0.2, -0.15) is 0 Å². The molecule has 7 heteroatoms. The van der Waals surface area contributed by atoms with E-state index in [4.69, 9.17) is 0 Å². The molecule has 0 aliphatic heterocycles. The van der Waals surface area contributed by atoms with Crippen molar-refractivity contribution >= 4 is 37.3 Å². The van der Waals surface area contributed by atoms with Gasteiger partial charge in [0.25, 0.3) is 0 Å². The third-order valence-electron chi connectivity index (χ3n) is 3.86. The minimum atomic E-state index is -3.67. The second-order valence-corrected chi connectivity index (χ2v) is 8.97. The quantitative estimate of drug-likeness (QED) is 0.781. The summed E-state index contributed by atoms with van der Waals surface area (Å²) in [7, 11) is -3.67. The molecule has 3 rings (SSSR count). The molecule has 2 aromatic rings. The Kier molecular flexibility index (Phi) is 4.44. The van der Waals surface area contributed by atoms with Gasteiger partial charge >= 0.3 is 0 Å². The third-order valence-corrected chi connectivity index (χ3v) is 7.31. The summed E-state index contributed by atoms with van der Waals surface area (Å²) in [6, 6.07) is 10.4. The van der Waals surface area contributed by atoms with Crippen molar-refractivity contribution in [3.05, 3.63) is 51.1 Å². The molecule has 0 bridgehead atoms. The molecule has 1 saturated carbocycles. The first kappa shape index (κ1) is 16.1. The Balaban J connectivity index is 1.83. The van der Waals surface area contributed by atoms with Crippen LogP contribution in [-0.4, -0.2) is 20.1 Å². The van der Waals surface area contributed by atoms with Crippen LogP contribution in [-0.2, 0) is 15.6 Å². The average Bonchev–Trinajstić information content (AvgIpc) is 3.20. The molecule has 1 aliphatic carbocycles. The number of benzene rings is 1. The highest BCUT2D eigenvalue weighted by Gasteiger charge is 2.46. The van der Waals surface area contributed by atoms with Crippen LogP contribution < -0.4 is 4.72 Å². The van der Waals surface area contributed by atoms with Crippen molar-refractivity contribution in [1.29, 1.82) is 0 Å². The van der Waals surface area contributed by atoms with Gasteiger partial charge in [0.2, 0.25) is 10.0 Å². The van der Waals surface area contributed by atoms with Gasteiger partial charge in [-0.05, 0) is 58.3 Å². The average molecular weight is 402 g/mol. The van der Waals surface area contributed by atoms with Gasteiger partial charge in [-0.15, -0.1) is 11.3 Å². The Labute approximate surface area is 142 Å². The van der Waals surface area contributed by atoms with Crippen LogP contribution >= 0.6 is 27.3 Å². The summed E-state index contributed by atoms with van der Waals surface area (Å²) in [5, 5.41) is 12.9. The Morgan fingerprint density at radius 2 is 2.00 bits per heavy atom. The number of halogens is 1. The number of hydrogen-bond acceptors (Lipinski definition) is 4. The number of nitrogens with one attached hydrogen (secondary N) is 1. The number of sulfonamides is 1. The predicted molar refractivity (Wildman–Crippen MR) is 90.3 cm³/mol. The highest BCUT2D eigenvalue weighted by Crippen LogP contribution is 2.46. The van der Waals surface area contributed by atoms with Crippen LogP contribution in [0, 0.1) is 5.92 Å². The van der Waals surface area contributed by atoms with E-state index in [1.54, 1.807) is 18.2 Å². The van der Waals surface area contributed by atoms with E-state index in [-0.39, 0.29) is 17.4 Å². The Morgan fingerprint density at radius 3 is 2.59 bits per heavy atom. The van der Waals surface area contributed by atoms with Gasteiger partial charge in [-0.25, -0.2) is 13.1 Å². The Bertz CT molecular complexity index is 757. The number of rotatable bonds is 6. The molecule has 1 aliphatic rings. The van der Waals surface area contributed by atoms with Crippen LogP contribution in [0.25, 0.3) is 0 Å². The van der Waals surface area contributed by atoms with Crippen LogP contribution in [0.4, 0.5) is 0 Å². The number of aliphatic hydroxyl groups is 1. The van der Waals surface area contributed by atoms with Gasteiger partial charge in [0.15, 0.2) is 0 Å². The predicted octanol–water partition coefficient (Wildman–Crippen LogP) is 3.09. The number of hydrogen-bond donors (Lipinski definition) is 2. The number of thiophene rings is 1. The highest BCUT2D eigenvalue weighted by molar-refractivity contribution is 9.10. The summed E-state index contributed by atoms with van der Waals surface area (Å²) >= 11 is 4.71. The molecule has 4 nitrogen and oxygen atoms in total. The van der Waals surface area contributed by atoms with Crippen LogP contribution in [0.2, 0.25) is 0 Å². The zero-order chi connectivity index (χ0) is 15.8. The maximum atomic E-state index is 12.5. The summed E-state index contributed by atoms with van der Waals surface area (Å²) in [4.78, 5) is 0.990. The fourth-order valence-electron chi connectivity index (χ4n) is 2.46.